The molecule has 0 bridgehead atoms. The van der Waals surface area contributed by atoms with Gasteiger partial charge in [0.1, 0.15) is 17.3 Å². The van der Waals surface area contributed by atoms with Crippen LogP contribution < -0.4 is 20.6 Å². The third kappa shape index (κ3) is 5.32. The van der Waals surface area contributed by atoms with Crippen molar-refractivity contribution in [3.05, 3.63) is 70.0 Å². The molecule has 2 aromatic carbocycles. The highest BCUT2D eigenvalue weighted by Gasteiger charge is 2.15. The average Bonchev–Trinajstić information content (AvgIpc) is 3.14. The van der Waals surface area contributed by atoms with Crippen LogP contribution in [0.1, 0.15) is 33.4 Å². The summed E-state index contributed by atoms with van der Waals surface area (Å²) in [5, 5.41) is 4.34. The Bertz CT molecular complexity index is 1050. The number of aryl methyl sites for hydroxylation is 1. The van der Waals surface area contributed by atoms with Crippen LogP contribution in [0, 0.1) is 5.82 Å². The van der Waals surface area contributed by atoms with E-state index in [-0.39, 0.29) is 18.3 Å². The lowest BCUT2D eigenvalue weighted by atomic mass is 10.2. The molecule has 7 nitrogen and oxygen atoms in total. The molecule has 3 aromatic rings. The van der Waals surface area contributed by atoms with E-state index in [4.69, 9.17) is 15.2 Å². The number of hydrogen-bond acceptors (Lipinski definition) is 7. The number of hydrazone groups is 1. The van der Waals surface area contributed by atoms with Crippen LogP contribution in [0.5, 0.6) is 11.5 Å². The van der Waals surface area contributed by atoms with E-state index in [1.807, 2.05) is 6.92 Å². The maximum absolute atomic E-state index is 13.0. The number of methoxy groups -OCH3 is 1. The van der Waals surface area contributed by atoms with Gasteiger partial charge in [-0.2, -0.15) is 5.10 Å². The van der Waals surface area contributed by atoms with Gasteiger partial charge in [0, 0.05) is 0 Å². The fourth-order valence-corrected chi connectivity index (χ4v) is 3.44. The van der Waals surface area contributed by atoms with Crippen LogP contribution >= 0.6 is 11.3 Å². The number of carbonyl (C=O) groups excluding carboxylic acids is 1. The van der Waals surface area contributed by atoms with Crippen molar-refractivity contribution in [3.8, 4) is 11.5 Å². The van der Waals surface area contributed by atoms with Gasteiger partial charge in [0.15, 0.2) is 16.6 Å². The highest BCUT2D eigenvalue weighted by atomic mass is 32.1. The molecule has 0 saturated heterocycles. The highest BCUT2D eigenvalue weighted by molar-refractivity contribution is 7.17. The Labute approximate surface area is 177 Å². The minimum Gasteiger partial charge on any atom is -0.493 e. The number of thiazole rings is 1. The predicted octanol–water partition coefficient (Wildman–Crippen LogP) is 3.78. The predicted molar refractivity (Wildman–Crippen MR) is 115 cm³/mol. The zero-order valence-electron chi connectivity index (χ0n) is 16.5. The summed E-state index contributed by atoms with van der Waals surface area (Å²) in [6, 6.07) is 11.3. The molecule has 1 amide bonds. The van der Waals surface area contributed by atoms with E-state index in [9.17, 15) is 9.18 Å². The number of rotatable bonds is 8. The molecule has 30 heavy (non-hydrogen) atoms. The third-order valence-corrected chi connectivity index (χ3v) is 5.06. The Balaban J connectivity index is 1.63. The van der Waals surface area contributed by atoms with Gasteiger partial charge in [-0.3, -0.25) is 4.79 Å². The Morgan fingerprint density at radius 3 is 2.73 bits per heavy atom. The molecule has 0 unspecified atom stereocenters. The van der Waals surface area contributed by atoms with Crippen molar-refractivity contribution in [1.82, 2.24) is 10.4 Å². The zero-order valence-corrected chi connectivity index (χ0v) is 17.3. The average molecular weight is 428 g/mol. The van der Waals surface area contributed by atoms with Gasteiger partial charge in [-0.15, -0.1) is 0 Å². The molecule has 0 aliphatic carbocycles. The highest BCUT2D eigenvalue weighted by Crippen LogP contribution is 2.28. The quantitative estimate of drug-likeness (QED) is 0.420. The number of halogens is 1. The molecule has 0 aliphatic heterocycles. The van der Waals surface area contributed by atoms with Gasteiger partial charge in [-0.25, -0.2) is 14.8 Å². The lowest BCUT2D eigenvalue weighted by molar-refractivity contribution is 0.0958. The smallest absolute Gasteiger partial charge is 0.283 e. The normalized spacial score (nSPS) is 10.9. The largest absolute Gasteiger partial charge is 0.493 e. The molecule has 3 rings (SSSR count). The van der Waals surface area contributed by atoms with Crippen molar-refractivity contribution in [2.75, 3.05) is 12.8 Å². The number of nitrogens with two attached hydrogens (primary N) is 1. The number of benzene rings is 2. The number of nitrogen functional groups attached to an aromatic ring is 1. The van der Waals surface area contributed by atoms with Gasteiger partial charge >= 0.3 is 0 Å². The number of carbonyl (C=O) groups is 1. The second-order valence-electron chi connectivity index (χ2n) is 6.21. The molecule has 0 aliphatic rings. The molecule has 0 atom stereocenters. The summed E-state index contributed by atoms with van der Waals surface area (Å²) in [4.78, 5) is 16.8. The van der Waals surface area contributed by atoms with Crippen LogP contribution in [-0.4, -0.2) is 24.2 Å². The van der Waals surface area contributed by atoms with Crippen molar-refractivity contribution < 1.29 is 18.7 Å². The number of hydrogen-bond donors (Lipinski definition) is 2. The molecule has 0 fully saturated rings. The molecule has 1 heterocycles. The molecule has 0 saturated carbocycles. The molecule has 156 valence electrons. The SMILES string of the molecule is CCc1nc(N)sc1C(=O)NN=Cc1ccc(OCc2ccc(F)cc2)c(OC)c1. The first-order chi connectivity index (χ1) is 14.5. The number of nitrogens with zero attached hydrogens (tertiary/aromatic N) is 2. The molecule has 9 heteroatoms. The summed E-state index contributed by atoms with van der Waals surface area (Å²) in [6.07, 6.45) is 2.11. The van der Waals surface area contributed by atoms with Crippen molar-refractivity contribution in [3.63, 3.8) is 0 Å². The van der Waals surface area contributed by atoms with E-state index >= 15 is 0 Å². The van der Waals surface area contributed by atoms with Crippen molar-refractivity contribution in [1.29, 1.82) is 0 Å². The summed E-state index contributed by atoms with van der Waals surface area (Å²) in [5.74, 6) is 0.395. The van der Waals surface area contributed by atoms with Crippen molar-refractivity contribution in [2.24, 2.45) is 5.10 Å². The maximum atomic E-state index is 13.0. The molecule has 0 radical (unpaired) electrons. The number of ether oxygens (including phenoxy) is 2. The second kappa shape index (κ2) is 9.84. The Morgan fingerprint density at radius 2 is 2.03 bits per heavy atom. The molecule has 0 spiro atoms. The van der Waals surface area contributed by atoms with Crippen LogP contribution in [0.15, 0.2) is 47.6 Å². The van der Waals surface area contributed by atoms with E-state index in [1.165, 1.54) is 25.5 Å². The summed E-state index contributed by atoms with van der Waals surface area (Å²) in [6.45, 7) is 2.18. The molecule has 3 N–H and O–H groups in total. The fourth-order valence-electron chi connectivity index (χ4n) is 2.63. The number of anilines is 1. The fraction of sp³-hybridized carbons (Fsp3) is 0.190. The monoisotopic (exact) mass is 428 g/mol. The number of nitrogens with one attached hydrogen (secondary N) is 1. The van der Waals surface area contributed by atoms with E-state index in [0.717, 1.165) is 16.9 Å². The standard InChI is InChI=1S/C21H21FN4O3S/c1-3-16-19(30-21(23)25-16)20(27)26-24-11-14-6-9-17(18(10-14)28-2)29-12-13-4-7-15(22)8-5-13/h4-11H,3,12H2,1-2H3,(H2,23,25)(H,26,27). The minimum absolute atomic E-state index is 0.276. The van der Waals surface area contributed by atoms with Gasteiger partial charge in [-0.05, 0) is 47.9 Å². The van der Waals surface area contributed by atoms with Crippen LogP contribution in [0.2, 0.25) is 0 Å². The van der Waals surface area contributed by atoms with E-state index < -0.39 is 0 Å². The topological polar surface area (TPSA) is 98.8 Å². The van der Waals surface area contributed by atoms with Gasteiger partial charge in [0.2, 0.25) is 0 Å². The first-order valence-electron chi connectivity index (χ1n) is 9.14. The third-order valence-electron chi connectivity index (χ3n) is 4.13. The first-order valence-corrected chi connectivity index (χ1v) is 9.95. The molecular weight excluding hydrogens is 407 g/mol. The van der Waals surface area contributed by atoms with Crippen LogP contribution in [0.3, 0.4) is 0 Å². The zero-order chi connectivity index (χ0) is 21.5. The maximum Gasteiger partial charge on any atom is 0.283 e. The second-order valence-corrected chi connectivity index (χ2v) is 7.24. The van der Waals surface area contributed by atoms with Crippen LogP contribution in [0.4, 0.5) is 9.52 Å². The van der Waals surface area contributed by atoms with E-state index in [1.54, 1.807) is 30.3 Å². The van der Waals surface area contributed by atoms with Crippen LogP contribution in [0.25, 0.3) is 0 Å². The van der Waals surface area contributed by atoms with Crippen molar-refractivity contribution >= 4 is 28.6 Å². The number of amides is 1. The van der Waals surface area contributed by atoms with Gasteiger partial charge in [0.25, 0.3) is 5.91 Å². The van der Waals surface area contributed by atoms with Gasteiger partial charge in [-0.1, -0.05) is 30.4 Å². The minimum atomic E-state index is -0.358. The first kappa shape index (κ1) is 21.3. The van der Waals surface area contributed by atoms with Gasteiger partial charge in [0.05, 0.1) is 19.0 Å². The Morgan fingerprint density at radius 1 is 1.27 bits per heavy atom. The summed E-state index contributed by atoms with van der Waals surface area (Å²) >= 11 is 1.13. The number of aromatic nitrogens is 1. The Hall–Kier alpha value is -3.46. The lowest BCUT2D eigenvalue weighted by Gasteiger charge is -2.11. The summed E-state index contributed by atoms with van der Waals surface area (Å²) in [5.41, 5.74) is 10.3. The van der Waals surface area contributed by atoms with Crippen LogP contribution in [-0.2, 0) is 13.0 Å². The van der Waals surface area contributed by atoms with Crippen molar-refractivity contribution in [2.45, 2.75) is 20.0 Å². The molecular formula is C21H21FN4O3S. The summed E-state index contributed by atoms with van der Waals surface area (Å²) < 4.78 is 24.1. The van der Waals surface area contributed by atoms with E-state index in [0.29, 0.717) is 39.2 Å². The molecule has 1 aromatic heterocycles. The van der Waals surface area contributed by atoms with E-state index in [2.05, 4.69) is 15.5 Å². The summed E-state index contributed by atoms with van der Waals surface area (Å²) in [7, 11) is 1.53. The lowest BCUT2D eigenvalue weighted by Crippen LogP contribution is -2.17. The van der Waals surface area contributed by atoms with Gasteiger partial charge < -0.3 is 15.2 Å². The Kier molecular flexibility index (Phi) is 6.97.